The molecular weight excluding hydrogens is 268 g/mol. The summed E-state index contributed by atoms with van der Waals surface area (Å²) in [5, 5.41) is 3.71. The highest BCUT2D eigenvalue weighted by atomic mass is 19.1. The predicted octanol–water partition coefficient (Wildman–Crippen LogP) is 2.26. The molecule has 1 saturated carbocycles. The molecular formula is C13H13F2N3O2. The number of halogens is 2. The van der Waals surface area contributed by atoms with E-state index < -0.39 is 17.4 Å². The Balaban J connectivity index is 1.70. The summed E-state index contributed by atoms with van der Waals surface area (Å²) in [6, 6.07) is 2.29. The van der Waals surface area contributed by atoms with Crippen molar-refractivity contribution in [3.8, 4) is 5.75 Å². The number of nitrogens with zero attached hydrogens (tertiary/aromatic N) is 2. The van der Waals surface area contributed by atoms with E-state index in [1.54, 1.807) is 0 Å². The summed E-state index contributed by atoms with van der Waals surface area (Å²) in [7, 11) is 0. The van der Waals surface area contributed by atoms with Crippen molar-refractivity contribution >= 4 is 0 Å². The Hall–Kier alpha value is -2.02. The lowest BCUT2D eigenvalue weighted by Gasteiger charge is -2.07. The maximum Gasteiger partial charge on any atom is 0.229 e. The Morgan fingerprint density at radius 3 is 2.60 bits per heavy atom. The van der Waals surface area contributed by atoms with Crippen LogP contribution >= 0.6 is 0 Å². The molecule has 2 aromatic rings. The molecule has 20 heavy (non-hydrogen) atoms. The van der Waals surface area contributed by atoms with Gasteiger partial charge >= 0.3 is 0 Å². The van der Waals surface area contributed by atoms with Crippen LogP contribution in [0.25, 0.3) is 0 Å². The van der Waals surface area contributed by atoms with Crippen molar-refractivity contribution < 1.29 is 18.0 Å². The molecule has 0 spiro atoms. The molecule has 1 aliphatic rings. The van der Waals surface area contributed by atoms with E-state index in [1.165, 1.54) is 0 Å². The van der Waals surface area contributed by atoms with Crippen molar-refractivity contribution in [2.45, 2.75) is 31.9 Å². The van der Waals surface area contributed by atoms with E-state index in [4.69, 9.17) is 15.0 Å². The summed E-state index contributed by atoms with van der Waals surface area (Å²) in [5.74, 6) is -0.891. The van der Waals surface area contributed by atoms with Gasteiger partial charge in [-0.2, -0.15) is 4.98 Å². The third-order valence-corrected chi connectivity index (χ3v) is 3.05. The SMILES string of the molecule is NCc1cc(F)c(OCc2noc(C3CC3)n2)c(F)c1. The van der Waals surface area contributed by atoms with E-state index in [9.17, 15) is 8.78 Å². The zero-order valence-electron chi connectivity index (χ0n) is 10.6. The first-order valence-corrected chi connectivity index (χ1v) is 6.30. The fourth-order valence-electron chi connectivity index (χ4n) is 1.83. The van der Waals surface area contributed by atoms with Crippen LogP contribution in [0.4, 0.5) is 8.78 Å². The van der Waals surface area contributed by atoms with Gasteiger partial charge in [-0.3, -0.25) is 0 Å². The molecule has 0 aliphatic heterocycles. The van der Waals surface area contributed by atoms with Gasteiger partial charge < -0.3 is 15.0 Å². The smallest absolute Gasteiger partial charge is 0.229 e. The van der Waals surface area contributed by atoms with Gasteiger partial charge in [0.25, 0.3) is 0 Å². The standard InChI is InChI=1S/C13H13F2N3O2/c14-9-3-7(5-16)4-10(15)12(9)19-6-11-17-13(20-18-11)8-1-2-8/h3-4,8H,1-2,5-6,16H2. The highest BCUT2D eigenvalue weighted by molar-refractivity contribution is 5.31. The van der Waals surface area contributed by atoms with Gasteiger partial charge in [0.2, 0.25) is 11.7 Å². The van der Waals surface area contributed by atoms with Crippen LogP contribution in [0.2, 0.25) is 0 Å². The Morgan fingerprint density at radius 1 is 1.30 bits per heavy atom. The Labute approximate surface area is 113 Å². The molecule has 7 heteroatoms. The summed E-state index contributed by atoms with van der Waals surface area (Å²) < 4.78 is 37.4. The molecule has 106 valence electrons. The van der Waals surface area contributed by atoms with Crippen molar-refractivity contribution in [1.29, 1.82) is 0 Å². The Kier molecular flexibility index (Phi) is 3.35. The average molecular weight is 281 g/mol. The molecule has 1 aliphatic carbocycles. The molecule has 1 fully saturated rings. The van der Waals surface area contributed by atoms with Gasteiger partial charge in [-0.15, -0.1) is 0 Å². The largest absolute Gasteiger partial charge is 0.479 e. The third-order valence-electron chi connectivity index (χ3n) is 3.05. The van der Waals surface area contributed by atoms with Gasteiger partial charge in [0.05, 0.1) is 0 Å². The predicted molar refractivity (Wildman–Crippen MR) is 64.9 cm³/mol. The first kappa shape index (κ1) is 13.0. The van der Waals surface area contributed by atoms with Crippen LogP contribution in [0.5, 0.6) is 5.75 Å². The van der Waals surface area contributed by atoms with E-state index in [2.05, 4.69) is 10.1 Å². The molecule has 0 amide bonds. The molecule has 0 atom stereocenters. The Morgan fingerprint density at radius 2 is 2.00 bits per heavy atom. The molecule has 0 unspecified atom stereocenters. The quantitative estimate of drug-likeness (QED) is 0.910. The number of nitrogens with two attached hydrogens (primary N) is 1. The number of ether oxygens (including phenoxy) is 1. The Bertz CT molecular complexity index is 603. The van der Waals surface area contributed by atoms with Crippen LogP contribution < -0.4 is 10.5 Å². The van der Waals surface area contributed by atoms with Crippen molar-refractivity contribution in [3.05, 3.63) is 41.0 Å². The minimum Gasteiger partial charge on any atom is -0.479 e. The highest BCUT2D eigenvalue weighted by Gasteiger charge is 2.29. The molecule has 1 aromatic carbocycles. The number of hydrogen-bond donors (Lipinski definition) is 1. The maximum absolute atomic E-state index is 13.7. The van der Waals surface area contributed by atoms with Crippen molar-refractivity contribution in [1.82, 2.24) is 10.1 Å². The van der Waals surface area contributed by atoms with Crippen LogP contribution in [0.3, 0.4) is 0 Å². The van der Waals surface area contributed by atoms with Crippen LogP contribution in [-0.2, 0) is 13.2 Å². The van der Waals surface area contributed by atoms with Crippen LogP contribution in [0, 0.1) is 11.6 Å². The molecule has 5 nitrogen and oxygen atoms in total. The molecule has 0 radical (unpaired) electrons. The summed E-state index contributed by atoms with van der Waals surface area (Å²) in [6.07, 6.45) is 2.07. The normalized spacial score (nSPS) is 14.6. The van der Waals surface area contributed by atoms with Crippen molar-refractivity contribution in [2.24, 2.45) is 5.73 Å². The fraction of sp³-hybridized carbons (Fsp3) is 0.385. The van der Waals surface area contributed by atoms with E-state index >= 15 is 0 Å². The molecule has 0 saturated heterocycles. The molecule has 0 bridgehead atoms. The van der Waals surface area contributed by atoms with E-state index in [0.29, 0.717) is 17.4 Å². The number of hydrogen-bond acceptors (Lipinski definition) is 5. The van der Waals surface area contributed by atoms with Gasteiger partial charge in [-0.05, 0) is 30.5 Å². The lowest BCUT2D eigenvalue weighted by atomic mass is 10.2. The van der Waals surface area contributed by atoms with E-state index in [-0.39, 0.29) is 19.0 Å². The van der Waals surface area contributed by atoms with Crippen LogP contribution in [0.15, 0.2) is 16.7 Å². The summed E-state index contributed by atoms with van der Waals surface area (Å²) >= 11 is 0. The van der Waals surface area contributed by atoms with Crippen LogP contribution in [-0.4, -0.2) is 10.1 Å². The summed E-state index contributed by atoms with van der Waals surface area (Å²) in [4.78, 5) is 4.11. The van der Waals surface area contributed by atoms with E-state index in [1.807, 2.05) is 0 Å². The van der Waals surface area contributed by atoms with Gasteiger partial charge in [-0.25, -0.2) is 8.78 Å². The van der Waals surface area contributed by atoms with Crippen LogP contribution in [0.1, 0.15) is 36.0 Å². The highest BCUT2D eigenvalue weighted by Crippen LogP contribution is 2.38. The number of rotatable bonds is 5. The summed E-state index contributed by atoms with van der Waals surface area (Å²) in [6.45, 7) is -0.0876. The monoisotopic (exact) mass is 281 g/mol. The second-order valence-corrected chi connectivity index (χ2v) is 4.70. The minimum atomic E-state index is -0.795. The third kappa shape index (κ3) is 2.62. The van der Waals surface area contributed by atoms with Gasteiger partial charge in [-0.1, -0.05) is 5.16 Å². The minimum absolute atomic E-state index is 0.0592. The van der Waals surface area contributed by atoms with Crippen molar-refractivity contribution in [2.75, 3.05) is 0 Å². The topological polar surface area (TPSA) is 74.2 Å². The zero-order valence-corrected chi connectivity index (χ0v) is 10.6. The van der Waals surface area contributed by atoms with Crippen molar-refractivity contribution in [3.63, 3.8) is 0 Å². The second kappa shape index (κ2) is 5.16. The van der Waals surface area contributed by atoms with Gasteiger partial charge in [0.15, 0.2) is 24.0 Å². The first-order valence-electron chi connectivity index (χ1n) is 6.30. The molecule has 1 heterocycles. The zero-order chi connectivity index (χ0) is 14.1. The summed E-state index contributed by atoms with van der Waals surface area (Å²) in [5.41, 5.74) is 5.70. The second-order valence-electron chi connectivity index (χ2n) is 4.70. The van der Waals surface area contributed by atoms with Gasteiger partial charge in [0.1, 0.15) is 0 Å². The first-order chi connectivity index (χ1) is 9.67. The molecule has 3 rings (SSSR count). The molecule has 2 N–H and O–H groups in total. The molecule has 1 aromatic heterocycles. The lowest BCUT2D eigenvalue weighted by Crippen LogP contribution is -2.04. The average Bonchev–Trinajstić information content (AvgIpc) is 3.17. The maximum atomic E-state index is 13.7. The number of benzene rings is 1. The van der Waals surface area contributed by atoms with Gasteiger partial charge in [0, 0.05) is 12.5 Å². The fourth-order valence-corrected chi connectivity index (χ4v) is 1.83. The lowest BCUT2D eigenvalue weighted by molar-refractivity contribution is 0.259. The number of aromatic nitrogens is 2. The van der Waals surface area contributed by atoms with E-state index in [0.717, 1.165) is 25.0 Å².